The minimum atomic E-state index is -0.358. The molecule has 1 aromatic rings. The zero-order chi connectivity index (χ0) is 15.6. The first kappa shape index (κ1) is 15.5. The van der Waals surface area contributed by atoms with E-state index >= 15 is 0 Å². The van der Waals surface area contributed by atoms with Crippen molar-refractivity contribution < 1.29 is 9.84 Å². The maximum atomic E-state index is 10.0. The van der Waals surface area contributed by atoms with Gasteiger partial charge >= 0.3 is 0 Å². The second kappa shape index (κ2) is 6.36. The first-order valence-corrected chi connectivity index (χ1v) is 7.84. The highest BCUT2D eigenvalue weighted by Gasteiger charge is 2.45. The molecule has 0 amide bonds. The van der Waals surface area contributed by atoms with Crippen molar-refractivity contribution in [3.8, 4) is 0 Å². The van der Waals surface area contributed by atoms with Gasteiger partial charge in [-0.25, -0.2) is 4.98 Å². The summed E-state index contributed by atoms with van der Waals surface area (Å²) in [6.45, 7) is 3.06. The quantitative estimate of drug-likeness (QED) is 0.804. The third-order valence-corrected chi connectivity index (χ3v) is 4.60. The Morgan fingerprint density at radius 3 is 3.18 bits per heavy atom. The van der Waals surface area contributed by atoms with Crippen LogP contribution in [0.4, 0.5) is 11.8 Å². The second-order valence-electron chi connectivity index (χ2n) is 6.38. The fourth-order valence-corrected chi connectivity index (χ4v) is 3.36. The van der Waals surface area contributed by atoms with Crippen molar-refractivity contribution in [1.82, 2.24) is 14.9 Å². The first-order valence-electron chi connectivity index (χ1n) is 7.84. The summed E-state index contributed by atoms with van der Waals surface area (Å²) in [5.74, 6) is 1.44. The van der Waals surface area contributed by atoms with Crippen LogP contribution in [-0.2, 0) is 4.74 Å². The van der Waals surface area contributed by atoms with Crippen LogP contribution in [0.2, 0.25) is 0 Å². The van der Waals surface area contributed by atoms with Gasteiger partial charge in [-0.15, -0.1) is 0 Å². The Kier molecular flexibility index (Phi) is 4.46. The third kappa shape index (κ3) is 2.88. The molecule has 1 aromatic heterocycles. The Morgan fingerprint density at radius 1 is 1.55 bits per heavy atom. The van der Waals surface area contributed by atoms with Gasteiger partial charge in [-0.3, -0.25) is 4.90 Å². The minimum absolute atomic E-state index is 0.0854. The zero-order valence-electron chi connectivity index (χ0n) is 13.3. The van der Waals surface area contributed by atoms with Gasteiger partial charge in [0, 0.05) is 32.9 Å². The van der Waals surface area contributed by atoms with Gasteiger partial charge in [-0.2, -0.15) is 4.98 Å². The average molecular weight is 307 g/mol. The van der Waals surface area contributed by atoms with E-state index in [1.54, 1.807) is 6.20 Å². The molecular weight excluding hydrogens is 282 g/mol. The molecule has 2 atom stereocenters. The molecular formula is C15H25N5O2. The Hall–Kier alpha value is -1.44. The number of aromatic nitrogens is 2. The molecule has 0 aliphatic carbocycles. The number of fused-ring (bicyclic) bond motifs is 1. The van der Waals surface area contributed by atoms with E-state index < -0.39 is 0 Å². The van der Waals surface area contributed by atoms with E-state index in [1.807, 2.05) is 25.1 Å². The molecule has 2 saturated heterocycles. The van der Waals surface area contributed by atoms with Crippen LogP contribution in [0.15, 0.2) is 12.3 Å². The Labute approximate surface area is 131 Å². The van der Waals surface area contributed by atoms with Crippen LogP contribution in [0.5, 0.6) is 0 Å². The summed E-state index contributed by atoms with van der Waals surface area (Å²) >= 11 is 0. The average Bonchev–Trinajstić information content (AvgIpc) is 3.03. The summed E-state index contributed by atoms with van der Waals surface area (Å²) in [6.07, 6.45) is 4.07. The summed E-state index contributed by atoms with van der Waals surface area (Å²) in [4.78, 5) is 13.0. The van der Waals surface area contributed by atoms with Crippen LogP contribution >= 0.6 is 0 Å². The normalized spacial score (nSPS) is 28.4. The molecule has 0 spiro atoms. The van der Waals surface area contributed by atoms with Gasteiger partial charge in [-0.05, 0) is 25.5 Å². The number of anilines is 2. The van der Waals surface area contributed by atoms with Gasteiger partial charge < -0.3 is 20.1 Å². The lowest BCUT2D eigenvalue weighted by Crippen LogP contribution is -2.64. The molecule has 2 fully saturated rings. The second-order valence-corrected chi connectivity index (χ2v) is 6.38. The predicted molar refractivity (Wildman–Crippen MR) is 85.2 cm³/mol. The molecule has 22 heavy (non-hydrogen) atoms. The summed E-state index contributed by atoms with van der Waals surface area (Å²) in [5, 5.41) is 13.4. The van der Waals surface area contributed by atoms with E-state index in [9.17, 15) is 5.11 Å². The maximum absolute atomic E-state index is 10.0. The highest BCUT2D eigenvalue weighted by molar-refractivity contribution is 5.40. The lowest BCUT2D eigenvalue weighted by atomic mass is 9.96. The van der Waals surface area contributed by atoms with Gasteiger partial charge in [0.2, 0.25) is 5.95 Å². The number of morpholine rings is 1. The Morgan fingerprint density at radius 2 is 2.41 bits per heavy atom. The molecule has 0 bridgehead atoms. The lowest BCUT2D eigenvalue weighted by molar-refractivity contribution is -0.101. The van der Waals surface area contributed by atoms with Crippen LogP contribution in [0.1, 0.15) is 12.8 Å². The van der Waals surface area contributed by atoms with Gasteiger partial charge in [0.25, 0.3) is 0 Å². The number of hydrogen-bond donors (Lipinski definition) is 2. The number of rotatable bonds is 5. The van der Waals surface area contributed by atoms with E-state index in [2.05, 4.69) is 20.2 Å². The van der Waals surface area contributed by atoms with E-state index in [4.69, 9.17) is 4.74 Å². The molecule has 0 unspecified atom stereocenters. The largest absolute Gasteiger partial charge is 0.394 e. The fraction of sp³-hybridized carbons (Fsp3) is 0.733. The number of hydrogen-bond acceptors (Lipinski definition) is 7. The van der Waals surface area contributed by atoms with Gasteiger partial charge in [0.05, 0.1) is 25.4 Å². The van der Waals surface area contributed by atoms with Gasteiger partial charge in [0.1, 0.15) is 5.82 Å². The topological polar surface area (TPSA) is 73.8 Å². The third-order valence-electron chi connectivity index (χ3n) is 4.60. The van der Waals surface area contributed by atoms with Crippen molar-refractivity contribution in [2.24, 2.45) is 0 Å². The van der Waals surface area contributed by atoms with Crippen molar-refractivity contribution in [2.75, 3.05) is 57.2 Å². The van der Waals surface area contributed by atoms with Gasteiger partial charge in [0.15, 0.2) is 0 Å². The van der Waals surface area contributed by atoms with Crippen molar-refractivity contribution >= 4 is 11.8 Å². The fourth-order valence-electron chi connectivity index (χ4n) is 3.36. The smallest absolute Gasteiger partial charge is 0.226 e. The van der Waals surface area contributed by atoms with Crippen molar-refractivity contribution in [2.45, 2.75) is 24.4 Å². The molecule has 122 valence electrons. The van der Waals surface area contributed by atoms with Crippen molar-refractivity contribution in [1.29, 1.82) is 0 Å². The number of ether oxygens (including phenoxy) is 1. The van der Waals surface area contributed by atoms with E-state index in [0.717, 1.165) is 25.4 Å². The molecule has 0 aromatic carbocycles. The highest BCUT2D eigenvalue weighted by atomic mass is 16.5. The molecule has 2 aliphatic heterocycles. The maximum Gasteiger partial charge on any atom is 0.226 e. The van der Waals surface area contributed by atoms with Crippen LogP contribution in [0, 0.1) is 0 Å². The summed E-state index contributed by atoms with van der Waals surface area (Å²) in [5.41, 5.74) is -0.358. The molecule has 7 heteroatoms. The Balaban J connectivity index is 1.71. The number of nitrogens with one attached hydrogen (secondary N) is 1. The standard InChI is InChI=1S/C15H25N5O2/c1-19(2)14-16-6-5-13(18-14)17-9-15(10-21)11-22-8-12-4-3-7-20(12)15/h5-6,12,21H,3-4,7-11H2,1-2H3,(H,16,17,18)/t12-,15+/m0/s1. The highest BCUT2D eigenvalue weighted by Crippen LogP contribution is 2.31. The van der Waals surface area contributed by atoms with E-state index in [0.29, 0.717) is 25.1 Å². The minimum Gasteiger partial charge on any atom is -0.394 e. The number of aliphatic hydroxyl groups excluding tert-OH is 1. The first-order chi connectivity index (χ1) is 10.6. The molecule has 0 saturated carbocycles. The van der Waals surface area contributed by atoms with Crippen LogP contribution < -0.4 is 10.2 Å². The molecule has 7 nitrogen and oxygen atoms in total. The van der Waals surface area contributed by atoms with E-state index in [-0.39, 0.29) is 12.1 Å². The Bertz CT molecular complexity index is 512. The predicted octanol–water partition coefficient (Wildman–Crippen LogP) is 0.180. The molecule has 2 N–H and O–H groups in total. The van der Waals surface area contributed by atoms with E-state index in [1.165, 1.54) is 6.42 Å². The van der Waals surface area contributed by atoms with Gasteiger partial charge in [-0.1, -0.05) is 0 Å². The zero-order valence-corrected chi connectivity index (χ0v) is 13.3. The molecule has 0 radical (unpaired) electrons. The summed E-state index contributed by atoms with van der Waals surface area (Å²) in [6, 6.07) is 2.29. The van der Waals surface area contributed by atoms with Crippen LogP contribution in [0.25, 0.3) is 0 Å². The molecule has 3 rings (SSSR count). The lowest BCUT2D eigenvalue weighted by Gasteiger charge is -2.47. The number of nitrogens with zero attached hydrogens (tertiary/aromatic N) is 4. The van der Waals surface area contributed by atoms with Crippen molar-refractivity contribution in [3.05, 3.63) is 12.3 Å². The SMILES string of the molecule is CN(C)c1nccc(NC[C@@]2(CO)COC[C@@H]3CCCN32)n1. The summed E-state index contributed by atoms with van der Waals surface area (Å²) in [7, 11) is 3.83. The molecule has 3 heterocycles. The monoisotopic (exact) mass is 307 g/mol. The molecule has 2 aliphatic rings. The van der Waals surface area contributed by atoms with Crippen molar-refractivity contribution in [3.63, 3.8) is 0 Å². The van der Waals surface area contributed by atoms with Crippen LogP contribution in [-0.4, -0.2) is 78.6 Å². The van der Waals surface area contributed by atoms with Crippen LogP contribution in [0.3, 0.4) is 0 Å². The number of aliphatic hydroxyl groups is 1. The summed E-state index contributed by atoms with van der Waals surface area (Å²) < 4.78 is 5.76.